The topological polar surface area (TPSA) is 104 Å². The van der Waals surface area contributed by atoms with E-state index in [9.17, 15) is 9.59 Å². The SMILES string of the molecule is [2H]c1c([2H])c([2H])c(-c2nnn([C@H]3C[C@H](n4cc(C)c(=O)[nH]c4=O)O[C@@H]3CO[Si](C)(C)C(C)(C)C)c2[2H])c([2H])c1[2H]. The summed E-state index contributed by atoms with van der Waals surface area (Å²) in [5, 5.41) is 8.09. The van der Waals surface area contributed by atoms with Crippen LogP contribution in [0.15, 0.2) is 52.2 Å². The Morgan fingerprint density at radius 2 is 1.97 bits per heavy atom. The molecule has 0 spiro atoms. The number of benzene rings is 1. The highest BCUT2D eigenvalue weighted by molar-refractivity contribution is 6.74. The van der Waals surface area contributed by atoms with Crippen molar-refractivity contribution in [3.63, 3.8) is 0 Å². The van der Waals surface area contributed by atoms with Gasteiger partial charge < -0.3 is 9.16 Å². The minimum absolute atomic E-state index is 0.0878. The molecule has 1 fully saturated rings. The lowest BCUT2D eigenvalue weighted by molar-refractivity contribution is -0.0298. The fraction of sp³-hybridized carbons (Fsp3) is 0.500. The fourth-order valence-corrected chi connectivity index (χ4v) is 4.48. The molecule has 9 nitrogen and oxygen atoms in total. The Kier molecular flexibility index (Phi) is 4.70. The first-order valence-electron chi connectivity index (χ1n) is 14.1. The van der Waals surface area contributed by atoms with Gasteiger partial charge in [0.1, 0.15) is 18.0 Å². The van der Waals surface area contributed by atoms with Gasteiger partial charge in [-0.2, -0.15) is 0 Å². The third-order valence-corrected chi connectivity index (χ3v) is 11.1. The second kappa shape index (κ2) is 9.08. The maximum atomic E-state index is 12.6. The molecule has 0 unspecified atom stereocenters. The van der Waals surface area contributed by atoms with Crippen molar-refractivity contribution in [3.8, 4) is 11.3 Å². The molecule has 1 aromatic carbocycles. The van der Waals surface area contributed by atoms with Crippen molar-refractivity contribution in [2.24, 2.45) is 0 Å². The van der Waals surface area contributed by atoms with Crippen molar-refractivity contribution in [3.05, 3.63) is 69.0 Å². The molecule has 1 aliphatic heterocycles. The van der Waals surface area contributed by atoms with Gasteiger partial charge in [-0.3, -0.25) is 14.3 Å². The lowest BCUT2D eigenvalue weighted by atomic mass is 10.1. The third kappa shape index (κ3) is 4.84. The van der Waals surface area contributed by atoms with Gasteiger partial charge in [-0.1, -0.05) is 56.2 Å². The number of hydrogen-bond donors (Lipinski definition) is 1. The summed E-state index contributed by atoms with van der Waals surface area (Å²) in [5.41, 5.74) is -1.21. The lowest BCUT2D eigenvalue weighted by Gasteiger charge is -2.37. The van der Waals surface area contributed by atoms with Crippen LogP contribution in [0, 0.1) is 6.92 Å². The van der Waals surface area contributed by atoms with E-state index in [-0.39, 0.29) is 35.5 Å². The van der Waals surface area contributed by atoms with E-state index in [1.54, 1.807) is 6.92 Å². The van der Waals surface area contributed by atoms with E-state index in [1.807, 2.05) is 0 Å². The van der Waals surface area contributed by atoms with Gasteiger partial charge in [0.25, 0.3) is 5.56 Å². The predicted molar refractivity (Wildman–Crippen MR) is 132 cm³/mol. The van der Waals surface area contributed by atoms with Crippen LogP contribution in [0.3, 0.4) is 0 Å². The summed E-state index contributed by atoms with van der Waals surface area (Å²) in [6.07, 6.45) is -0.159. The normalized spacial score (nSPS) is 23.6. The maximum absolute atomic E-state index is 12.6. The molecule has 0 aliphatic carbocycles. The van der Waals surface area contributed by atoms with E-state index in [4.69, 9.17) is 17.4 Å². The molecular weight excluding hydrogens is 450 g/mol. The molecule has 34 heavy (non-hydrogen) atoms. The molecule has 3 aromatic rings. The molecule has 182 valence electrons. The Balaban J connectivity index is 1.77. The van der Waals surface area contributed by atoms with Crippen LogP contribution in [0.25, 0.3) is 11.3 Å². The number of H-pyrrole nitrogens is 1. The molecule has 0 saturated carbocycles. The molecule has 0 amide bonds. The molecule has 10 heteroatoms. The van der Waals surface area contributed by atoms with Crippen LogP contribution < -0.4 is 11.2 Å². The van der Waals surface area contributed by atoms with E-state index in [0.29, 0.717) is 5.56 Å². The zero-order valence-corrected chi connectivity index (χ0v) is 21.1. The molecule has 1 saturated heterocycles. The van der Waals surface area contributed by atoms with Crippen LogP contribution in [-0.4, -0.2) is 45.6 Å². The number of hydrogen-bond acceptors (Lipinski definition) is 6. The highest BCUT2D eigenvalue weighted by atomic mass is 28.4. The first-order valence-corrected chi connectivity index (χ1v) is 14.0. The number of aromatic amines is 1. The quantitative estimate of drug-likeness (QED) is 0.530. The smallest absolute Gasteiger partial charge is 0.330 e. The number of aryl methyl sites for hydroxylation is 1. The molecule has 3 heterocycles. The summed E-state index contributed by atoms with van der Waals surface area (Å²) in [7, 11) is -2.22. The van der Waals surface area contributed by atoms with E-state index < -0.39 is 68.2 Å². The van der Waals surface area contributed by atoms with Crippen LogP contribution in [0.4, 0.5) is 0 Å². The Morgan fingerprint density at radius 3 is 2.65 bits per heavy atom. The van der Waals surface area contributed by atoms with Crippen molar-refractivity contribution in [1.82, 2.24) is 24.5 Å². The van der Waals surface area contributed by atoms with Gasteiger partial charge in [-0.25, -0.2) is 9.48 Å². The van der Waals surface area contributed by atoms with E-state index in [2.05, 4.69) is 49.2 Å². The summed E-state index contributed by atoms with van der Waals surface area (Å²) in [6.45, 7) is 12.2. The van der Waals surface area contributed by atoms with E-state index in [1.165, 1.54) is 15.4 Å². The van der Waals surface area contributed by atoms with Crippen LogP contribution >= 0.6 is 0 Å². The first-order chi connectivity index (χ1) is 18.5. The molecule has 0 bridgehead atoms. The van der Waals surface area contributed by atoms with Gasteiger partial charge in [-0.15, -0.1) is 5.10 Å². The van der Waals surface area contributed by atoms with Crippen molar-refractivity contribution in [2.45, 2.75) is 70.6 Å². The molecule has 1 aliphatic rings. The zero-order chi connectivity index (χ0) is 29.9. The number of nitrogens with one attached hydrogen (secondary N) is 1. The van der Waals surface area contributed by atoms with Crippen molar-refractivity contribution in [2.75, 3.05) is 6.61 Å². The summed E-state index contributed by atoms with van der Waals surface area (Å²) >= 11 is 0. The van der Waals surface area contributed by atoms with Gasteiger partial charge in [0.2, 0.25) is 0 Å². The molecular formula is C24H33N5O4Si. The second-order valence-corrected chi connectivity index (χ2v) is 14.8. The average molecular weight is 490 g/mol. The molecule has 3 atom stereocenters. The van der Waals surface area contributed by atoms with Crippen molar-refractivity contribution >= 4 is 8.32 Å². The molecule has 2 aromatic heterocycles. The van der Waals surface area contributed by atoms with Gasteiger partial charge >= 0.3 is 5.69 Å². The monoisotopic (exact) mass is 489 g/mol. The minimum atomic E-state index is -2.22. The van der Waals surface area contributed by atoms with Crippen LogP contribution in [-0.2, 0) is 9.16 Å². The lowest BCUT2D eigenvalue weighted by Crippen LogP contribution is -2.43. The summed E-state index contributed by atoms with van der Waals surface area (Å²) < 4.78 is 64.5. The molecule has 1 N–H and O–H groups in total. The standard InChI is InChI=1S/C24H33N5O4Si/c1-16-13-28(23(31)25-22(16)30)21-12-19(20(33-21)15-32-34(5,6)24(2,3)4)29-14-18(26-27-29)17-10-8-7-9-11-17/h7-11,13-14,19-21H,12,15H2,1-6H3,(H,25,30,31)/t19-,20+,21+/m0/s1/i7D,8D,9D,10D,11D,14D. The second-order valence-electron chi connectivity index (χ2n) is 9.98. The Morgan fingerprint density at radius 1 is 1.26 bits per heavy atom. The summed E-state index contributed by atoms with van der Waals surface area (Å²) in [4.78, 5) is 26.8. The Labute approximate surface area is 208 Å². The van der Waals surface area contributed by atoms with Gasteiger partial charge in [0, 0.05) is 23.7 Å². The van der Waals surface area contributed by atoms with Crippen molar-refractivity contribution < 1.29 is 17.4 Å². The van der Waals surface area contributed by atoms with Crippen LogP contribution in [0.2, 0.25) is 18.1 Å². The summed E-state index contributed by atoms with van der Waals surface area (Å²) in [5.74, 6) is 0. The number of rotatable bonds is 6. The van der Waals surface area contributed by atoms with Gasteiger partial charge in [-0.05, 0) is 25.1 Å². The van der Waals surface area contributed by atoms with Gasteiger partial charge in [0.05, 0.1) is 27.0 Å². The number of aromatic nitrogens is 5. The largest absolute Gasteiger partial charge is 0.414 e. The van der Waals surface area contributed by atoms with Crippen LogP contribution in [0.1, 0.15) is 53.2 Å². The zero-order valence-electron chi connectivity index (χ0n) is 26.1. The average Bonchev–Trinajstić information content (AvgIpc) is 3.45. The fourth-order valence-electron chi connectivity index (χ4n) is 3.47. The number of nitrogens with zero attached hydrogens (tertiary/aromatic N) is 4. The minimum Gasteiger partial charge on any atom is -0.414 e. The van der Waals surface area contributed by atoms with E-state index in [0.717, 1.165) is 0 Å². The number of ether oxygens (including phenoxy) is 1. The predicted octanol–water partition coefficient (Wildman–Crippen LogP) is 3.65. The Hall–Kier alpha value is -2.82. The highest BCUT2D eigenvalue weighted by Crippen LogP contribution is 2.40. The Bertz CT molecular complexity index is 1550. The first kappa shape index (κ1) is 17.6. The summed E-state index contributed by atoms with van der Waals surface area (Å²) in [6, 6.07) is -3.24. The third-order valence-electron chi connectivity index (χ3n) is 6.59. The van der Waals surface area contributed by atoms with Crippen molar-refractivity contribution in [1.29, 1.82) is 0 Å². The molecule has 4 rings (SSSR count). The highest BCUT2D eigenvalue weighted by Gasteiger charge is 2.42. The molecule has 0 radical (unpaired) electrons. The maximum Gasteiger partial charge on any atom is 0.330 e. The van der Waals surface area contributed by atoms with Gasteiger partial charge in [0.15, 0.2) is 8.32 Å². The van der Waals surface area contributed by atoms with Crippen LogP contribution in [0.5, 0.6) is 0 Å². The van der Waals surface area contributed by atoms with E-state index >= 15 is 0 Å².